The minimum absolute atomic E-state index is 0.400. The standard InChI is InChI=1S/C10H13N3O4S/c1-3-8(2)11-12-18(16,17)10-7-5-4-6-9(10)13(14)15/h4-7,12H,3H2,1-2H3. The van der Waals surface area contributed by atoms with E-state index in [4.69, 9.17) is 0 Å². The summed E-state index contributed by atoms with van der Waals surface area (Å²) in [6.07, 6.45) is 0.583. The topological polar surface area (TPSA) is 102 Å². The molecule has 7 nitrogen and oxygen atoms in total. The zero-order valence-electron chi connectivity index (χ0n) is 9.95. The van der Waals surface area contributed by atoms with E-state index < -0.39 is 25.5 Å². The number of nitro benzene ring substituents is 1. The summed E-state index contributed by atoms with van der Waals surface area (Å²) in [6.45, 7) is 3.47. The molecule has 0 fully saturated rings. The molecule has 0 aromatic heterocycles. The number of rotatable bonds is 5. The van der Waals surface area contributed by atoms with E-state index in [9.17, 15) is 18.5 Å². The van der Waals surface area contributed by atoms with Crippen LogP contribution < -0.4 is 4.83 Å². The Morgan fingerprint density at radius 3 is 2.61 bits per heavy atom. The molecule has 0 amide bonds. The van der Waals surface area contributed by atoms with E-state index in [-0.39, 0.29) is 0 Å². The Morgan fingerprint density at radius 1 is 1.44 bits per heavy atom. The van der Waals surface area contributed by atoms with Crippen LogP contribution in [0.1, 0.15) is 20.3 Å². The molecule has 0 atom stereocenters. The second-order valence-corrected chi connectivity index (χ2v) is 5.15. The number of hydrazone groups is 1. The fraction of sp³-hybridized carbons (Fsp3) is 0.300. The molecule has 0 unspecified atom stereocenters. The largest absolute Gasteiger partial charge is 0.289 e. The van der Waals surface area contributed by atoms with Gasteiger partial charge in [-0.15, -0.1) is 0 Å². The van der Waals surface area contributed by atoms with Gasteiger partial charge >= 0.3 is 0 Å². The van der Waals surface area contributed by atoms with Crippen LogP contribution in [0, 0.1) is 10.1 Å². The molecule has 18 heavy (non-hydrogen) atoms. The maximum absolute atomic E-state index is 11.9. The lowest BCUT2D eigenvalue weighted by atomic mass is 10.3. The van der Waals surface area contributed by atoms with Crippen LogP contribution in [0.5, 0.6) is 0 Å². The minimum Gasteiger partial charge on any atom is -0.258 e. The van der Waals surface area contributed by atoms with Gasteiger partial charge in [0, 0.05) is 11.8 Å². The van der Waals surface area contributed by atoms with Crippen molar-refractivity contribution in [2.24, 2.45) is 5.10 Å². The number of hydrogen-bond donors (Lipinski definition) is 1. The van der Waals surface area contributed by atoms with Gasteiger partial charge < -0.3 is 0 Å². The van der Waals surface area contributed by atoms with Crippen molar-refractivity contribution in [3.05, 3.63) is 34.4 Å². The number of nitro groups is 1. The molecule has 0 saturated carbocycles. The van der Waals surface area contributed by atoms with Crippen molar-refractivity contribution in [3.8, 4) is 0 Å². The van der Waals surface area contributed by atoms with Crippen molar-refractivity contribution in [2.75, 3.05) is 0 Å². The van der Waals surface area contributed by atoms with E-state index >= 15 is 0 Å². The first-order valence-electron chi connectivity index (χ1n) is 5.17. The van der Waals surface area contributed by atoms with Crippen LogP contribution >= 0.6 is 0 Å². The summed E-state index contributed by atoms with van der Waals surface area (Å²) in [6, 6.07) is 5.11. The van der Waals surface area contributed by atoms with Crippen LogP contribution in [0.3, 0.4) is 0 Å². The first-order valence-corrected chi connectivity index (χ1v) is 6.65. The average molecular weight is 271 g/mol. The second-order valence-electron chi connectivity index (χ2n) is 3.52. The van der Waals surface area contributed by atoms with Crippen LogP contribution in [-0.4, -0.2) is 19.1 Å². The Bertz CT molecular complexity index is 581. The van der Waals surface area contributed by atoms with Gasteiger partial charge in [0.1, 0.15) is 0 Å². The van der Waals surface area contributed by atoms with Crippen molar-refractivity contribution >= 4 is 21.4 Å². The minimum atomic E-state index is -4.02. The summed E-state index contributed by atoms with van der Waals surface area (Å²) in [5, 5.41) is 14.4. The summed E-state index contributed by atoms with van der Waals surface area (Å²) < 4.78 is 23.7. The predicted octanol–water partition coefficient (Wildman–Crippen LogP) is 1.66. The summed E-state index contributed by atoms with van der Waals surface area (Å²) in [5.74, 6) is 0. The highest BCUT2D eigenvalue weighted by Gasteiger charge is 2.24. The summed E-state index contributed by atoms with van der Waals surface area (Å²) in [5.41, 5.74) is 0.103. The Balaban J connectivity index is 3.17. The first kappa shape index (κ1) is 14.1. The van der Waals surface area contributed by atoms with Crippen LogP contribution in [-0.2, 0) is 10.0 Å². The van der Waals surface area contributed by atoms with Crippen molar-refractivity contribution < 1.29 is 13.3 Å². The van der Waals surface area contributed by atoms with Crippen LogP contribution in [0.2, 0.25) is 0 Å². The van der Waals surface area contributed by atoms with Crippen molar-refractivity contribution in [1.29, 1.82) is 0 Å². The molecule has 1 N–H and O–H groups in total. The zero-order chi connectivity index (χ0) is 13.8. The molecule has 0 heterocycles. The third-order valence-electron chi connectivity index (χ3n) is 2.22. The Kier molecular flexibility index (Phi) is 4.38. The maximum atomic E-state index is 11.9. The predicted molar refractivity (Wildman–Crippen MR) is 66.8 cm³/mol. The number of nitrogens with zero attached hydrogens (tertiary/aromatic N) is 2. The monoisotopic (exact) mass is 271 g/mol. The van der Waals surface area contributed by atoms with Gasteiger partial charge in [-0.05, 0) is 19.4 Å². The molecule has 1 aromatic carbocycles. The molecular weight excluding hydrogens is 258 g/mol. The lowest BCUT2D eigenvalue weighted by Crippen LogP contribution is -2.20. The van der Waals surface area contributed by atoms with Gasteiger partial charge in [0.2, 0.25) is 0 Å². The fourth-order valence-electron chi connectivity index (χ4n) is 1.10. The van der Waals surface area contributed by atoms with Gasteiger partial charge in [-0.25, -0.2) is 0 Å². The summed E-state index contributed by atoms with van der Waals surface area (Å²) in [7, 11) is -4.02. The van der Waals surface area contributed by atoms with E-state index in [0.717, 1.165) is 12.1 Å². The normalized spacial score (nSPS) is 12.2. The highest BCUT2D eigenvalue weighted by atomic mass is 32.2. The number of sulfonamides is 1. The number of para-hydroxylation sites is 1. The van der Waals surface area contributed by atoms with Crippen molar-refractivity contribution in [3.63, 3.8) is 0 Å². The van der Waals surface area contributed by atoms with E-state index in [1.54, 1.807) is 6.92 Å². The molecule has 0 aliphatic rings. The second kappa shape index (κ2) is 5.58. The molecule has 0 spiro atoms. The maximum Gasteiger partial charge on any atom is 0.289 e. The third-order valence-corrected chi connectivity index (χ3v) is 3.48. The molecule has 0 saturated heterocycles. The number of nitrogens with one attached hydrogen (secondary N) is 1. The molecular formula is C10H13N3O4S. The molecule has 0 aliphatic heterocycles. The van der Waals surface area contributed by atoms with Crippen LogP contribution in [0.4, 0.5) is 5.69 Å². The van der Waals surface area contributed by atoms with Crippen LogP contribution in [0.25, 0.3) is 0 Å². The van der Waals surface area contributed by atoms with E-state index in [0.29, 0.717) is 12.1 Å². The van der Waals surface area contributed by atoms with E-state index in [2.05, 4.69) is 5.10 Å². The SMILES string of the molecule is CCC(C)=NNS(=O)(=O)c1ccccc1[N+](=O)[O-]. The number of hydrogen-bond acceptors (Lipinski definition) is 5. The Hall–Kier alpha value is -1.96. The lowest BCUT2D eigenvalue weighted by molar-refractivity contribution is -0.387. The van der Waals surface area contributed by atoms with Gasteiger partial charge in [-0.3, -0.25) is 10.1 Å². The molecule has 1 aromatic rings. The van der Waals surface area contributed by atoms with E-state index in [1.165, 1.54) is 12.1 Å². The number of benzene rings is 1. The summed E-state index contributed by atoms with van der Waals surface area (Å²) in [4.78, 5) is 11.6. The highest BCUT2D eigenvalue weighted by molar-refractivity contribution is 7.89. The van der Waals surface area contributed by atoms with Crippen molar-refractivity contribution in [2.45, 2.75) is 25.2 Å². The third kappa shape index (κ3) is 3.27. The first-order chi connectivity index (χ1) is 8.38. The quantitative estimate of drug-likeness (QED) is 0.499. The van der Waals surface area contributed by atoms with Gasteiger partial charge in [0.25, 0.3) is 15.7 Å². The van der Waals surface area contributed by atoms with Gasteiger partial charge in [-0.1, -0.05) is 19.1 Å². The van der Waals surface area contributed by atoms with Crippen molar-refractivity contribution in [1.82, 2.24) is 4.83 Å². The Morgan fingerprint density at radius 2 is 2.06 bits per heavy atom. The highest BCUT2D eigenvalue weighted by Crippen LogP contribution is 2.22. The molecule has 1 rings (SSSR count). The molecule has 8 heteroatoms. The molecule has 0 radical (unpaired) electrons. The Labute approximate surface area is 105 Å². The average Bonchev–Trinajstić information content (AvgIpc) is 2.36. The molecule has 0 aliphatic carbocycles. The van der Waals surface area contributed by atoms with E-state index in [1.807, 2.05) is 11.8 Å². The smallest absolute Gasteiger partial charge is 0.258 e. The fourth-order valence-corrected chi connectivity index (χ4v) is 2.15. The van der Waals surface area contributed by atoms with Gasteiger partial charge in [0.15, 0.2) is 4.90 Å². The van der Waals surface area contributed by atoms with Gasteiger partial charge in [-0.2, -0.15) is 18.4 Å². The molecule has 98 valence electrons. The van der Waals surface area contributed by atoms with Crippen LogP contribution in [0.15, 0.2) is 34.3 Å². The lowest BCUT2D eigenvalue weighted by Gasteiger charge is -2.04. The summed E-state index contributed by atoms with van der Waals surface area (Å²) >= 11 is 0. The zero-order valence-corrected chi connectivity index (χ0v) is 10.8. The molecule has 0 bridgehead atoms. The van der Waals surface area contributed by atoms with Gasteiger partial charge in [0.05, 0.1) is 4.92 Å².